The van der Waals surface area contributed by atoms with E-state index in [1.807, 2.05) is 21.9 Å². The fourth-order valence-corrected chi connectivity index (χ4v) is 3.29. The van der Waals surface area contributed by atoms with Gasteiger partial charge in [0, 0.05) is 31.9 Å². The van der Waals surface area contributed by atoms with Gasteiger partial charge in [-0.15, -0.1) is 0 Å². The lowest BCUT2D eigenvalue weighted by atomic mass is 10.2. The Morgan fingerprint density at radius 3 is 2.46 bits per heavy atom. The summed E-state index contributed by atoms with van der Waals surface area (Å²) < 4.78 is 14.2. The Balaban J connectivity index is 1.53. The third kappa shape index (κ3) is 4.58. The molecule has 0 bridgehead atoms. The summed E-state index contributed by atoms with van der Waals surface area (Å²) in [6.07, 6.45) is 0. The molecular formula is C20H17ClFN5O. The smallest absolute Gasteiger partial charge is 0.238 e. The molecule has 0 atom stereocenters. The maximum Gasteiger partial charge on any atom is 0.238 e. The largest absolute Gasteiger partial charge is 0.367 e. The van der Waals surface area contributed by atoms with Gasteiger partial charge in [-0.05, 0) is 36.4 Å². The molecule has 2 aromatic rings. The summed E-state index contributed by atoms with van der Waals surface area (Å²) in [5.74, 6) is -0.596. The summed E-state index contributed by atoms with van der Waals surface area (Å²) in [5, 5.41) is 20.8. The Kier molecular flexibility index (Phi) is 6.10. The Morgan fingerprint density at radius 2 is 1.86 bits per heavy atom. The summed E-state index contributed by atoms with van der Waals surface area (Å²) in [6, 6.07) is 13.1. The number of halogens is 2. The lowest BCUT2D eigenvalue weighted by Gasteiger charge is -2.35. The summed E-state index contributed by atoms with van der Waals surface area (Å²) in [4.78, 5) is 16.2. The molecule has 1 fully saturated rings. The van der Waals surface area contributed by atoms with Gasteiger partial charge < -0.3 is 10.2 Å². The van der Waals surface area contributed by atoms with Crippen molar-refractivity contribution in [3.63, 3.8) is 0 Å². The van der Waals surface area contributed by atoms with Gasteiger partial charge in [-0.1, -0.05) is 11.6 Å². The average Bonchev–Trinajstić information content (AvgIpc) is 2.68. The molecule has 3 rings (SSSR count). The van der Waals surface area contributed by atoms with E-state index in [9.17, 15) is 9.18 Å². The van der Waals surface area contributed by atoms with Crippen molar-refractivity contribution in [2.75, 3.05) is 42.9 Å². The quantitative estimate of drug-likeness (QED) is 0.857. The van der Waals surface area contributed by atoms with Crippen molar-refractivity contribution in [2.24, 2.45) is 0 Å². The van der Waals surface area contributed by atoms with E-state index in [4.69, 9.17) is 22.1 Å². The van der Waals surface area contributed by atoms with E-state index >= 15 is 0 Å². The normalized spacial score (nSPS) is 14.2. The highest BCUT2D eigenvalue weighted by atomic mass is 35.5. The van der Waals surface area contributed by atoms with Crippen LogP contribution in [0.15, 0.2) is 36.4 Å². The minimum Gasteiger partial charge on any atom is -0.367 e. The van der Waals surface area contributed by atoms with Crippen LogP contribution in [0.5, 0.6) is 0 Å². The van der Waals surface area contributed by atoms with E-state index in [2.05, 4.69) is 5.32 Å². The monoisotopic (exact) mass is 397 g/mol. The summed E-state index contributed by atoms with van der Waals surface area (Å²) in [6.45, 7) is 2.60. The SMILES string of the molecule is N#Cc1ccc(N2CCN(CC(=O)Nc3ccc(C#N)c(Cl)c3)CC2)c(F)c1. The van der Waals surface area contributed by atoms with Crippen molar-refractivity contribution in [1.82, 2.24) is 4.90 Å². The minimum atomic E-state index is -0.414. The summed E-state index contributed by atoms with van der Waals surface area (Å²) in [7, 11) is 0. The summed E-state index contributed by atoms with van der Waals surface area (Å²) in [5.41, 5.74) is 1.65. The molecule has 6 nitrogen and oxygen atoms in total. The molecule has 1 saturated heterocycles. The molecule has 1 aliphatic rings. The highest BCUT2D eigenvalue weighted by Gasteiger charge is 2.21. The third-order valence-electron chi connectivity index (χ3n) is 4.53. The molecule has 0 aliphatic carbocycles. The van der Waals surface area contributed by atoms with Gasteiger partial charge in [0.1, 0.15) is 11.9 Å². The molecular weight excluding hydrogens is 381 g/mol. The molecule has 0 spiro atoms. The number of nitrogens with zero attached hydrogens (tertiary/aromatic N) is 4. The number of anilines is 2. The molecule has 0 unspecified atom stereocenters. The van der Waals surface area contributed by atoms with Gasteiger partial charge in [-0.25, -0.2) is 4.39 Å². The molecule has 1 amide bonds. The van der Waals surface area contributed by atoms with Crippen molar-refractivity contribution >= 4 is 28.9 Å². The second kappa shape index (κ2) is 8.71. The van der Waals surface area contributed by atoms with Gasteiger partial charge >= 0.3 is 0 Å². The van der Waals surface area contributed by atoms with Crippen molar-refractivity contribution in [3.05, 3.63) is 58.4 Å². The van der Waals surface area contributed by atoms with Crippen LogP contribution in [0.4, 0.5) is 15.8 Å². The lowest BCUT2D eigenvalue weighted by Crippen LogP contribution is -2.48. The van der Waals surface area contributed by atoms with E-state index in [0.717, 1.165) is 0 Å². The van der Waals surface area contributed by atoms with Gasteiger partial charge in [0.05, 0.1) is 34.5 Å². The maximum atomic E-state index is 14.2. The predicted molar refractivity (Wildman–Crippen MR) is 105 cm³/mol. The number of hydrogen-bond donors (Lipinski definition) is 1. The van der Waals surface area contributed by atoms with Crippen LogP contribution in [0.3, 0.4) is 0 Å². The number of hydrogen-bond acceptors (Lipinski definition) is 5. The van der Waals surface area contributed by atoms with Crippen LogP contribution in [0.1, 0.15) is 11.1 Å². The topological polar surface area (TPSA) is 83.2 Å². The second-order valence-electron chi connectivity index (χ2n) is 6.40. The van der Waals surface area contributed by atoms with Crippen LogP contribution in [0, 0.1) is 28.5 Å². The first-order valence-corrected chi connectivity index (χ1v) is 9.04. The number of carbonyl (C=O) groups is 1. The highest BCUT2D eigenvalue weighted by Crippen LogP contribution is 2.22. The number of nitrogens with one attached hydrogen (secondary N) is 1. The molecule has 142 valence electrons. The Labute approximate surface area is 167 Å². The number of nitriles is 2. The number of piperazine rings is 1. The van der Waals surface area contributed by atoms with Gasteiger partial charge in [-0.2, -0.15) is 10.5 Å². The molecule has 0 radical (unpaired) electrons. The fourth-order valence-electron chi connectivity index (χ4n) is 3.07. The fraction of sp³-hybridized carbons (Fsp3) is 0.250. The predicted octanol–water partition coefficient (Wildman–Crippen LogP) is 2.98. The van der Waals surface area contributed by atoms with Gasteiger partial charge in [0.15, 0.2) is 0 Å². The zero-order valence-electron chi connectivity index (χ0n) is 15.0. The molecule has 0 saturated carbocycles. The number of carbonyl (C=O) groups excluding carboxylic acids is 1. The first kappa shape index (κ1) is 19.6. The van der Waals surface area contributed by atoms with Crippen molar-refractivity contribution in [3.8, 4) is 12.1 Å². The zero-order valence-corrected chi connectivity index (χ0v) is 15.7. The van der Waals surface area contributed by atoms with Crippen LogP contribution in [0.25, 0.3) is 0 Å². The second-order valence-corrected chi connectivity index (χ2v) is 6.80. The Bertz CT molecular complexity index is 974. The highest BCUT2D eigenvalue weighted by molar-refractivity contribution is 6.32. The van der Waals surface area contributed by atoms with Crippen LogP contribution >= 0.6 is 11.6 Å². The number of amides is 1. The van der Waals surface area contributed by atoms with E-state index in [1.165, 1.54) is 6.07 Å². The van der Waals surface area contributed by atoms with Crippen LogP contribution in [-0.2, 0) is 4.79 Å². The molecule has 0 aromatic heterocycles. The molecule has 8 heteroatoms. The van der Waals surface area contributed by atoms with Crippen molar-refractivity contribution in [2.45, 2.75) is 0 Å². The van der Waals surface area contributed by atoms with Crippen LogP contribution in [-0.4, -0.2) is 43.5 Å². The third-order valence-corrected chi connectivity index (χ3v) is 4.84. The van der Waals surface area contributed by atoms with Crippen molar-refractivity contribution in [1.29, 1.82) is 10.5 Å². The first-order valence-electron chi connectivity index (χ1n) is 8.66. The molecule has 28 heavy (non-hydrogen) atoms. The molecule has 1 aliphatic heterocycles. The molecule has 2 aromatic carbocycles. The molecule has 1 heterocycles. The van der Waals surface area contributed by atoms with Gasteiger partial charge in [0.25, 0.3) is 0 Å². The first-order chi connectivity index (χ1) is 13.5. The van der Waals surface area contributed by atoms with Gasteiger partial charge in [-0.3, -0.25) is 9.69 Å². The van der Waals surface area contributed by atoms with Gasteiger partial charge in [0.2, 0.25) is 5.91 Å². The van der Waals surface area contributed by atoms with E-state index in [0.29, 0.717) is 53.7 Å². The standard InChI is InChI=1S/C20H17ClFN5O/c21-17-10-16(3-2-15(17)12-24)25-20(28)13-26-5-7-27(8-6-26)19-4-1-14(11-23)9-18(19)22/h1-4,9-10H,5-8,13H2,(H,25,28). The zero-order chi connectivity index (χ0) is 20.1. The number of benzene rings is 2. The Morgan fingerprint density at radius 1 is 1.11 bits per heavy atom. The van der Waals surface area contributed by atoms with E-state index in [1.54, 1.807) is 30.3 Å². The summed E-state index contributed by atoms with van der Waals surface area (Å²) >= 11 is 5.97. The lowest BCUT2D eigenvalue weighted by molar-refractivity contribution is -0.117. The average molecular weight is 398 g/mol. The van der Waals surface area contributed by atoms with E-state index < -0.39 is 5.82 Å². The molecule has 1 N–H and O–H groups in total. The van der Waals surface area contributed by atoms with Crippen LogP contribution in [0.2, 0.25) is 5.02 Å². The Hall–Kier alpha value is -3.13. The maximum absolute atomic E-state index is 14.2. The van der Waals surface area contributed by atoms with E-state index in [-0.39, 0.29) is 12.5 Å². The minimum absolute atomic E-state index is 0.182. The van der Waals surface area contributed by atoms with Crippen LogP contribution < -0.4 is 10.2 Å². The van der Waals surface area contributed by atoms with Crippen molar-refractivity contribution < 1.29 is 9.18 Å². The number of rotatable bonds is 4.